The second kappa shape index (κ2) is 7.08. The molecule has 0 fully saturated rings. The first kappa shape index (κ1) is 18.0. The van der Waals surface area contributed by atoms with Gasteiger partial charge in [-0.25, -0.2) is 9.79 Å². The van der Waals surface area contributed by atoms with E-state index in [1.54, 1.807) is 6.07 Å². The Labute approximate surface area is 172 Å². The summed E-state index contributed by atoms with van der Waals surface area (Å²) in [6.07, 6.45) is 0.954. The molecular weight excluding hydrogens is 378 g/mol. The normalized spacial score (nSPS) is 13.3. The number of nitrogens with zero attached hydrogens (tertiary/aromatic N) is 1. The van der Waals surface area contributed by atoms with Gasteiger partial charge in [0, 0.05) is 28.7 Å². The molecule has 0 unspecified atom stereocenters. The van der Waals surface area contributed by atoms with Crippen molar-refractivity contribution >= 4 is 34.0 Å². The van der Waals surface area contributed by atoms with Crippen molar-refractivity contribution in [2.24, 2.45) is 4.99 Å². The summed E-state index contributed by atoms with van der Waals surface area (Å²) in [5.41, 5.74) is 5.87. The van der Waals surface area contributed by atoms with Crippen LogP contribution in [0.1, 0.15) is 27.0 Å². The highest BCUT2D eigenvalue weighted by Gasteiger charge is 2.20. The van der Waals surface area contributed by atoms with E-state index < -0.39 is 5.97 Å². The summed E-state index contributed by atoms with van der Waals surface area (Å²) < 4.78 is 0. The molecule has 0 amide bonds. The van der Waals surface area contributed by atoms with E-state index in [9.17, 15) is 15.0 Å². The Kier molecular flexibility index (Phi) is 4.25. The molecule has 0 radical (unpaired) electrons. The molecule has 1 aliphatic heterocycles. The number of aromatic nitrogens is 1. The van der Waals surface area contributed by atoms with Crippen LogP contribution in [0.3, 0.4) is 0 Å². The van der Waals surface area contributed by atoms with E-state index in [-0.39, 0.29) is 11.4 Å². The molecule has 6 nitrogen and oxygen atoms in total. The second-order valence-corrected chi connectivity index (χ2v) is 7.26. The number of aliphatic imine (C=N–C) groups is 1. The Balaban J connectivity index is 1.72. The number of aromatic carboxylic acids is 1. The molecule has 0 spiro atoms. The third kappa shape index (κ3) is 3.08. The van der Waals surface area contributed by atoms with Crippen molar-refractivity contribution in [2.75, 3.05) is 11.9 Å². The Morgan fingerprint density at radius 2 is 1.80 bits per heavy atom. The minimum atomic E-state index is -1.02. The summed E-state index contributed by atoms with van der Waals surface area (Å²) >= 11 is 0. The maximum absolute atomic E-state index is 11.3. The minimum Gasteiger partial charge on any atom is -0.494 e. The van der Waals surface area contributed by atoms with Gasteiger partial charge in [-0.1, -0.05) is 36.4 Å². The monoisotopic (exact) mass is 397 g/mol. The first-order chi connectivity index (χ1) is 14.6. The fourth-order valence-electron chi connectivity index (χ4n) is 3.91. The lowest BCUT2D eigenvalue weighted by atomic mass is 10.00. The molecule has 148 valence electrons. The average Bonchev–Trinajstić information content (AvgIpc) is 3.35. The number of aromatic amines is 1. The number of anilines is 1. The van der Waals surface area contributed by atoms with Crippen molar-refractivity contribution in [3.8, 4) is 5.88 Å². The van der Waals surface area contributed by atoms with Gasteiger partial charge in [0.2, 0.25) is 0 Å². The zero-order chi connectivity index (χ0) is 20.7. The van der Waals surface area contributed by atoms with Crippen LogP contribution in [0.2, 0.25) is 0 Å². The third-order valence-electron chi connectivity index (χ3n) is 5.35. The van der Waals surface area contributed by atoms with Crippen LogP contribution in [0.15, 0.2) is 71.7 Å². The lowest BCUT2D eigenvalue weighted by Gasteiger charge is -2.09. The number of carboxylic acid groups (broad SMARTS) is 1. The predicted octanol–water partition coefficient (Wildman–Crippen LogP) is 4.71. The van der Waals surface area contributed by atoms with Gasteiger partial charge in [-0.05, 0) is 42.3 Å². The fraction of sp³-hybridized carbons (Fsp3) is 0.0833. The SMILES string of the molecule is O=C(O)c1ccc2c(C(=Nc3ccc4c(c3)CCN4)c3ccccc3)c(O)[nH]c2c1. The van der Waals surface area contributed by atoms with Crippen molar-refractivity contribution in [1.82, 2.24) is 4.98 Å². The van der Waals surface area contributed by atoms with E-state index in [0.717, 1.165) is 29.9 Å². The molecule has 1 aliphatic rings. The molecule has 1 aromatic heterocycles. The molecular formula is C24H19N3O3. The van der Waals surface area contributed by atoms with Gasteiger partial charge in [0.1, 0.15) is 0 Å². The van der Waals surface area contributed by atoms with Crippen LogP contribution in [-0.2, 0) is 6.42 Å². The molecule has 0 atom stereocenters. The molecule has 4 N–H and O–H groups in total. The summed E-state index contributed by atoms with van der Waals surface area (Å²) in [4.78, 5) is 19.1. The van der Waals surface area contributed by atoms with Crippen LogP contribution in [0.5, 0.6) is 5.88 Å². The number of carboxylic acids is 1. The summed E-state index contributed by atoms with van der Waals surface area (Å²) in [7, 11) is 0. The van der Waals surface area contributed by atoms with Gasteiger partial charge in [-0.15, -0.1) is 0 Å². The Hall–Kier alpha value is -4.06. The molecule has 0 bridgehead atoms. The van der Waals surface area contributed by atoms with E-state index in [1.165, 1.54) is 17.7 Å². The van der Waals surface area contributed by atoms with Crippen LogP contribution < -0.4 is 5.32 Å². The van der Waals surface area contributed by atoms with Gasteiger partial charge in [0.05, 0.1) is 22.5 Å². The first-order valence-electron chi connectivity index (χ1n) is 9.69. The maximum Gasteiger partial charge on any atom is 0.335 e. The quantitative estimate of drug-likeness (QED) is 0.375. The lowest BCUT2D eigenvalue weighted by molar-refractivity contribution is 0.0697. The number of nitrogens with one attached hydrogen (secondary N) is 2. The van der Waals surface area contributed by atoms with Crippen LogP contribution in [0, 0.1) is 0 Å². The lowest BCUT2D eigenvalue weighted by Crippen LogP contribution is -2.03. The van der Waals surface area contributed by atoms with Crippen molar-refractivity contribution < 1.29 is 15.0 Å². The van der Waals surface area contributed by atoms with Crippen molar-refractivity contribution in [2.45, 2.75) is 6.42 Å². The van der Waals surface area contributed by atoms with Crippen molar-refractivity contribution in [3.63, 3.8) is 0 Å². The first-order valence-corrected chi connectivity index (χ1v) is 9.69. The Bertz CT molecular complexity index is 1310. The highest BCUT2D eigenvalue weighted by atomic mass is 16.4. The van der Waals surface area contributed by atoms with Gasteiger partial charge in [-0.2, -0.15) is 0 Å². The highest BCUT2D eigenvalue weighted by Crippen LogP contribution is 2.33. The van der Waals surface area contributed by atoms with Crippen molar-refractivity contribution in [1.29, 1.82) is 0 Å². The van der Waals surface area contributed by atoms with E-state index in [2.05, 4.69) is 16.4 Å². The zero-order valence-electron chi connectivity index (χ0n) is 16.0. The topological polar surface area (TPSA) is 97.7 Å². The fourth-order valence-corrected chi connectivity index (χ4v) is 3.91. The maximum atomic E-state index is 11.3. The smallest absolute Gasteiger partial charge is 0.335 e. The van der Waals surface area contributed by atoms with Crippen LogP contribution in [-0.4, -0.2) is 33.4 Å². The number of carbonyl (C=O) groups is 1. The van der Waals surface area contributed by atoms with E-state index in [4.69, 9.17) is 4.99 Å². The molecule has 4 aromatic rings. The Morgan fingerprint density at radius 3 is 2.60 bits per heavy atom. The van der Waals surface area contributed by atoms with E-state index in [1.807, 2.05) is 42.5 Å². The Morgan fingerprint density at radius 1 is 0.967 bits per heavy atom. The minimum absolute atomic E-state index is 0.0435. The standard InChI is InChI=1S/C24H19N3O3/c28-23-21(18-8-6-16(24(29)30)13-20(18)27-23)22(14-4-2-1-3-5-14)26-17-7-9-19-15(12-17)10-11-25-19/h1-9,12-13,25,27-28H,10-11H2,(H,29,30). The molecule has 6 heteroatoms. The zero-order valence-corrected chi connectivity index (χ0v) is 16.0. The van der Waals surface area contributed by atoms with E-state index in [0.29, 0.717) is 22.2 Å². The molecule has 30 heavy (non-hydrogen) atoms. The summed E-state index contributed by atoms with van der Waals surface area (Å²) in [5.74, 6) is -1.06. The molecule has 5 rings (SSSR count). The van der Waals surface area contributed by atoms with Crippen LogP contribution in [0.4, 0.5) is 11.4 Å². The second-order valence-electron chi connectivity index (χ2n) is 7.26. The van der Waals surface area contributed by atoms with Gasteiger partial charge in [0.25, 0.3) is 0 Å². The number of hydrogen-bond acceptors (Lipinski definition) is 4. The number of rotatable bonds is 4. The number of aromatic hydroxyl groups is 1. The summed E-state index contributed by atoms with van der Waals surface area (Å²) in [6, 6.07) is 20.5. The summed E-state index contributed by atoms with van der Waals surface area (Å²) in [5, 5.41) is 24.1. The molecule has 0 aliphatic carbocycles. The van der Waals surface area contributed by atoms with Gasteiger partial charge < -0.3 is 20.5 Å². The van der Waals surface area contributed by atoms with Crippen molar-refractivity contribution in [3.05, 3.63) is 89.0 Å². The number of H-pyrrole nitrogens is 1. The average molecular weight is 397 g/mol. The van der Waals surface area contributed by atoms with Crippen LogP contribution >= 0.6 is 0 Å². The molecule has 2 heterocycles. The molecule has 3 aromatic carbocycles. The number of fused-ring (bicyclic) bond motifs is 2. The summed E-state index contributed by atoms with van der Waals surface area (Å²) in [6.45, 7) is 0.920. The number of hydrogen-bond donors (Lipinski definition) is 4. The predicted molar refractivity (Wildman–Crippen MR) is 117 cm³/mol. The number of benzene rings is 3. The van der Waals surface area contributed by atoms with Gasteiger partial charge >= 0.3 is 5.97 Å². The highest BCUT2D eigenvalue weighted by molar-refractivity contribution is 6.22. The molecule has 0 saturated heterocycles. The van der Waals surface area contributed by atoms with E-state index >= 15 is 0 Å². The van der Waals surface area contributed by atoms with Gasteiger partial charge in [0.15, 0.2) is 5.88 Å². The van der Waals surface area contributed by atoms with Crippen LogP contribution in [0.25, 0.3) is 10.9 Å². The third-order valence-corrected chi connectivity index (χ3v) is 5.35. The van der Waals surface area contributed by atoms with Gasteiger partial charge in [-0.3, -0.25) is 0 Å². The largest absolute Gasteiger partial charge is 0.494 e. The molecule has 0 saturated carbocycles.